The lowest BCUT2D eigenvalue weighted by Gasteiger charge is -2.20. The van der Waals surface area contributed by atoms with Gasteiger partial charge in [-0.15, -0.1) is 0 Å². The van der Waals surface area contributed by atoms with Crippen molar-refractivity contribution in [3.63, 3.8) is 0 Å². The van der Waals surface area contributed by atoms with Gasteiger partial charge in [0.15, 0.2) is 0 Å². The molecule has 5 heteroatoms. The molecule has 0 saturated carbocycles. The van der Waals surface area contributed by atoms with Crippen LogP contribution in [0.1, 0.15) is 27.8 Å². The van der Waals surface area contributed by atoms with Crippen LogP contribution in [-0.2, 0) is 6.54 Å². The highest BCUT2D eigenvalue weighted by Gasteiger charge is 2.20. The van der Waals surface area contributed by atoms with Crippen molar-refractivity contribution in [2.75, 3.05) is 11.9 Å². The highest BCUT2D eigenvalue weighted by molar-refractivity contribution is 6.08. The topological polar surface area (TPSA) is 62.5 Å². The van der Waals surface area contributed by atoms with Crippen LogP contribution in [0.5, 0.6) is 0 Å². The van der Waals surface area contributed by atoms with Crippen molar-refractivity contribution in [1.29, 1.82) is 0 Å². The van der Waals surface area contributed by atoms with Crippen LogP contribution in [0.15, 0.2) is 42.6 Å². The number of nitrogens with zero attached hydrogens (tertiary/aromatic N) is 2. The van der Waals surface area contributed by atoms with Crippen molar-refractivity contribution < 1.29 is 14.7 Å². The number of anilines is 1. The number of aromatic carboxylic acids is 1. The fourth-order valence-electron chi connectivity index (χ4n) is 2.11. The van der Waals surface area contributed by atoms with Crippen molar-refractivity contribution in [2.24, 2.45) is 0 Å². The summed E-state index contributed by atoms with van der Waals surface area (Å²) in [5, 5.41) is 9.18. The average molecular weight is 272 g/mol. The summed E-state index contributed by atoms with van der Waals surface area (Å²) in [5.74, 6) is -1.28. The molecule has 0 aliphatic rings. The summed E-state index contributed by atoms with van der Waals surface area (Å²) in [6, 6.07) is 9.99. The van der Waals surface area contributed by atoms with Crippen molar-refractivity contribution in [3.05, 3.63) is 53.9 Å². The van der Waals surface area contributed by atoms with Crippen molar-refractivity contribution in [1.82, 2.24) is 4.57 Å². The highest BCUT2D eigenvalue weighted by atomic mass is 16.4. The average Bonchev–Trinajstić information content (AvgIpc) is 2.94. The van der Waals surface area contributed by atoms with Crippen LogP contribution < -0.4 is 4.90 Å². The predicted octanol–water partition coefficient (Wildman–Crippen LogP) is 2.48. The van der Waals surface area contributed by atoms with Gasteiger partial charge in [-0.2, -0.15) is 0 Å². The Kier molecular flexibility index (Phi) is 3.89. The maximum absolute atomic E-state index is 12.5. The number of aryl methyl sites for hydroxylation is 1. The molecular formula is C15H16N2O3. The van der Waals surface area contributed by atoms with E-state index in [9.17, 15) is 14.7 Å². The van der Waals surface area contributed by atoms with Gasteiger partial charge in [0.25, 0.3) is 5.91 Å². The monoisotopic (exact) mass is 272 g/mol. The Morgan fingerprint density at radius 3 is 2.55 bits per heavy atom. The number of benzene rings is 1. The quantitative estimate of drug-likeness (QED) is 0.930. The maximum Gasteiger partial charge on any atom is 0.337 e. The van der Waals surface area contributed by atoms with E-state index in [2.05, 4.69) is 0 Å². The molecule has 0 saturated heterocycles. The summed E-state index contributed by atoms with van der Waals surface area (Å²) < 4.78 is 1.82. The fraction of sp³-hybridized carbons (Fsp3) is 0.200. The molecule has 1 N–H and O–H groups in total. The van der Waals surface area contributed by atoms with Crippen LogP contribution in [0.25, 0.3) is 0 Å². The minimum atomic E-state index is -1.05. The third kappa shape index (κ3) is 2.42. The van der Waals surface area contributed by atoms with Gasteiger partial charge < -0.3 is 14.6 Å². The van der Waals surface area contributed by atoms with E-state index in [1.165, 1.54) is 11.0 Å². The first-order valence-electron chi connectivity index (χ1n) is 6.31. The molecule has 1 aromatic carbocycles. The molecule has 5 nitrogen and oxygen atoms in total. The van der Waals surface area contributed by atoms with E-state index in [0.29, 0.717) is 17.9 Å². The zero-order chi connectivity index (χ0) is 14.7. The smallest absolute Gasteiger partial charge is 0.337 e. The second-order valence-corrected chi connectivity index (χ2v) is 4.37. The third-order valence-electron chi connectivity index (χ3n) is 3.19. The summed E-state index contributed by atoms with van der Waals surface area (Å²) in [6.07, 6.45) is 1.82. The van der Waals surface area contributed by atoms with E-state index in [1.54, 1.807) is 37.4 Å². The van der Waals surface area contributed by atoms with Gasteiger partial charge in [0.05, 0.1) is 11.3 Å². The minimum absolute atomic E-state index is 0.109. The van der Waals surface area contributed by atoms with E-state index in [0.717, 1.165) is 0 Å². The Morgan fingerprint density at radius 2 is 1.90 bits per heavy atom. The van der Waals surface area contributed by atoms with Gasteiger partial charge in [-0.05, 0) is 31.2 Å². The summed E-state index contributed by atoms with van der Waals surface area (Å²) >= 11 is 0. The predicted molar refractivity (Wildman–Crippen MR) is 76.2 cm³/mol. The van der Waals surface area contributed by atoms with Gasteiger partial charge in [-0.1, -0.05) is 12.1 Å². The van der Waals surface area contributed by atoms with Gasteiger partial charge in [0, 0.05) is 19.8 Å². The second kappa shape index (κ2) is 5.61. The van der Waals surface area contributed by atoms with E-state index in [1.807, 2.05) is 17.7 Å². The van der Waals surface area contributed by atoms with Crippen LogP contribution in [0, 0.1) is 0 Å². The summed E-state index contributed by atoms with van der Waals surface area (Å²) in [4.78, 5) is 25.1. The van der Waals surface area contributed by atoms with Gasteiger partial charge in [0.1, 0.15) is 5.69 Å². The number of carbonyl (C=O) groups excluding carboxylic acids is 1. The lowest BCUT2D eigenvalue weighted by atomic mass is 10.1. The lowest BCUT2D eigenvalue weighted by Crippen LogP contribution is -2.29. The molecule has 2 aromatic rings. The molecule has 0 unspecified atom stereocenters. The highest BCUT2D eigenvalue weighted by Crippen LogP contribution is 2.21. The Bertz CT molecular complexity index is 646. The number of carbonyl (C=O) groups is 2. The molecule has 0 fully saturated rings. The van der Waals surface area contributed by atoms with Crippen LogP contribution in [0.2, 0.25) is 0 Å². The number of rotatable bonds is 4. The number of hydrogen-bond donors (Lipinski definition) is 1. The Morgan fingerprint density at radius 1 is 1.20 bits per heavy atom. The third-order valence-corrected chi connectivity index (χ3v) is 3.19. The van der Waals surface area contributed by atoms with Crippen molar-refractivity contribution in [2.45, 2.75) is 13.5 Å². The molecule has 20 heavy (non-hydrogen) atoms. The van der Waals surface area contributed by atoms with Crippen molar-refractivity contribution in [3.8, 4) is 0 Å². The Labute approximate surface area is 117 Å². The van der Waals surface area contributed by atoms with Crippen LogP contribution in [-0.4, -0.2) is 28.6 Å². The molecule has 0 bridgehead atoms. The Balaban J connectivity index is 2.39. The molecule has 1 amide bonds. The number of hydrogen-bond acceptors (Lipinski definition) is 2. The normalized spacial score (nSPS) is 10.3. The number of aromatic nitrogens is 1. The Hall–Kier alpha value is -2.56. The van der Waals surface area contributed by atoms with Crippen LogP contribution in [0.3, 0.4) is 0 Å². The largest absolute Gasteiger partial charge is 0.478 e. The molecule has 0 aliphatic heterocycles. The molecule has 104 valence electrons. The standard InChI is InChI=1S/C15H16N2O3/c1-3-17-10-6-9-13(17)14(18)16(2)12-8-5-4-7-11(12)15(19)20/h4-10H,3H2,1-2H3,(H,19,20). The molecular weight excluding hydrogens is 256 g/mol. The molecule has 0 radical (unpaired) electrons. The number of para-hydroxylation sites is 1. The first-order chi connectivity index (χ1) is 9.56. The van der Waals surface area contributed by atoms with Crippen LogP contribution in [0.4, 0.5) is 5.69 Å². The lowest BCUT2D eigenvalue weighted by molar-refractivity contribution is 0.0697. The van der Waals surface area contributed by atoms with Gasteiger partial charge in [0.2, 0.25) is 0 Å². The second-order valence-electron chi connectivity index (χ2n) is 4.37. The van der Waals surface area contributed by atoms with E-state index in [-0.39, 0.29) is 11.5 Å². The molecule has 2 rings (SSSR count). The van der Waals surface area contributed by atoms with E-state index < -0.39 is 5.97 Å². The molecule has 1 heterocycles. The summed E-state index contributed by atoms with van der Waals surface area (Å²) in [6.45, 7) is 2.63. The van der Waals surface area contributed by atoms with Gasteiger partial charge in [-0.25, -0.2) is 4.79 Å². The zero-order valence-electron chi connectivity index (χ0n) is 11.4. The summed E-state index contributed by atoms with van der Waals surface area (Å²) in [7, 11) is 1.58. The molecule has 1 aromatic heterocycles. The first kappa shape index (κ1) is 13.9. The molecule has 0 aliphatic carbocycles. The maximum atomic E-state index is 12.5. The van der Waals surface area contributed by atoms with E-state index in [4.69, 9.17) is 0 Å². The molecule has 0 spiro atoms. The van der Waals surface area contributed by atoms with Gasteiger partial charge in [-0.3, -0.25) is 4.79 Å². The summed E-state index contributed by atoms with van der Waals surface area (Å²) in [5.41, 5.74) is 1.03. The molecule has 0 atom stereocenters. The zero-order valence-corrected chi connectivity index (χ0v) is 11.4. The van der Waals surface area contributed by atoms with E-state index >= 15 is 0 Å². The van der Waals surface area contributed by atoms with Gasteiger partial charge >= 0.3 is 5.97 Å². The number of carboxylic acids is 1. The minimum Gasteiger partial charge on any atom is -0.478 e. The van der Waals surface area contributed by atoms with Crippen LogP contribution >= 0.6 is 0 Å². The SMILES string of the molecule is CCn1cccc1C(=O)N(C)c1ccccc1C(=O)O. The van der Waals surface area contributed by atoms with Crippen molar-refractivity contribution >= 4 is 17.6 Å². The fourth-order valence-corrected chi connectivity index (χ4v) is 2.11. The number of carboxylic acid groups (broad SMARTS) is 1. The first-order valence-corrected chi connectivity index (χ1v) is 6.31. The number of amides is 1.